The summed E-state index contributed by atoms with van der Waals surface area (Å²) in [5.41, 5.74) is 1.90. The minimum atomic E-state index is 0.00334. The van der Waals surface area contributed by atoms with E-state index in [9.17, 15) is 5.11 Å². The molecule has 0 fully saturated rings. The third kappa shape index (κ3) is 2.76. The molecular formula is C14H18N2OS. The number of hydrogen-bond acceptors (Lipinski definition) is 4. The zero-order valence-electron chi connectivity index (χ0n) is 10.9. The lowest BCUT2D eigenvalue weighted by molar-refractivity contribution is 0.231. The first-order chi connectivity index (χ1) is 8.61. The second-order valence-corrected chi connectivity index (χ2v) is 5.71. The normalized spacial score (nSPS) is 12.9. The fraction of sp³-hybridized carbons (Fsp3) is 0.429. The van der Waals surface area contributed by atoms with Crippen LogP contribution in [-0.2, 0) is 0 Å². The Balaban J connectivity index is 2.44. The molecule has 0 bridgehead atoms. The van der Waals surface area contributed by atoms with E-state index < -0.39 is 0 Å². The van der Waals surface area contributed by atoms with Crippen molar-refractivity contribution >= 4 is 11.3 Å². The van der Waals surface area contributed by atoms with Crippen molar-refractivity contribution in [2.24, 2.45) is 5.92 Å². The van der Waals surface area contributed by atoms with Crippen molar-refractivity contribution in [1.82, 2.24) is 9.97 Å². The van der Waals surface area contributed by atoms with Crippen LogP contribution in [0.1, 0.15) is 31.3 Å². The van der Waals surface area contributed by atoms with Gasteiger partial charge in [-0.15, -0.1) is 11.3 Å². The van der Waals surface area contributed by atoms with E-state index in [0.29, 0.717) is 5.92 Å². The summed E-state index contributed by atoms with van der Waals surface area (Å²) < 4.78 is 0. The van der Waals surface area contributed by atoms with Gasteiger partial charge < -0.3 is 5.11 Å². The van der Waals surface area contributed by atoms with Crippen LogP contribution in [0.4, 0.5) is 0 Å². The van der Waals surface area contributed by atoms with Gasteiger partial charge in [-0.2, -0.15) is 0 Å². The van der Waals surface area contributed by atoms with Crippen LogP contribution in [0.15, 0.2) is 23.6 Å². The Morgan fingerprint density at radius 3 is 2.67 bits per heavy atom. The van der Waals surface area contributed by atoms with E-state index in [1.807, 2.05) is 24.4 Å². The smallest absolute Gasteiger partial charge is 0.134 e. The van der Waals surface area contributed by atoms with Gasteiger partial charge in [-0.25, -0.2) is 9.97 Å². The molecule has 0 aliphatic carbocycles. The van der Waals surface area contributed by atoms with E-state index >= 15 is 0 Å². The average Bonchev–Trinajstić information content (AvgIpc) is 2.82. The van der Waals surface area contributed by atoms with Gasteiger partial charge in [0.1, 0.15) is 5.82 Å². The van der Waals surface area contributed by atoms with Crippen LogP contribution in [-0.4, -0.2) is 21.7 Å². The fourth-order valence-corrected chi connectivity index (χ4v) is 2.58. The van der Waals surface area contributed by atoms with Crippen molar-refractivity contribution in [3.63, 3.8) is 0 Å². The van der Waals surface area contributed by atoms with Gasteiger partial charge in [-0.3, -0.25) is 0 Å². The van der Waals surface area contributed by atoms with Crippen LogP contribution in [0.25, 0.3) is 10.6 Å². The molecular weight excluding hydrogens is 244 g/mol. The van der Waals surface area contributed by atoms with E-state index in [1.54, 1.807) is 11.3 Å². The Morgan fingerprint density at radius 1 is 1.33 bits per heavy atom. The molecule has 96 valence electrons. The first-order valence-corrected chi connectivity index (χ1v) is 7.00. The topological polar surface area (TPSA) is 46.0 Å². The highest BCUT2D eigenvalue weighted by atomic mass is 32.1. The van der Waals surface area contributed by atoms with Crippen LogP contribution in [0.5, 0.6) is 0 Å². The number of aryl methyl sites for hydroxylation is 1. The molecule has 0 aliphatic heterocycles. The first kappa shape index (κ1) is 13.2. The molecule has 0 radical (unpaired) electrons. The summed E-state index contributed by atoms with van der Waals surface area (Å²) in [7, 11) is 0. The average molecular weight is 262 g/mol. The van der Waals surface area contributed by atoms with Crippen LogP contribution in [0.2, 0.25) is 0 Å². The van der Waals surface area contributed by atoms with Gasteiger partial charge in [-0.05, 0) is 30.4 Å². The molecule has 0 spiro atoms. The van der Waals surface area contributed by atoms with E-state index in [1.165, 1.54) is 0 Å². The van der Waals surface area contributed by atoms with Gasteiger partial charge in [0.2, 0.25) is 0 Å². The zero-order chi connectivity index (χ0) is 13.1. The van der Waals surface area contributed by atoms with Crippen LogP contribution in [0, 0.1) is 12.8 Å². The third-order valence-corrected chi connectivity index (χ3v) is 3.87. The molecule has 0 amide bonds. The maximum absolute atomic E-state index is 9.48. The third-order valence-electron chi connectivity index (χ3n) is 2.98. The SMILES string of the molecule is Cc1cc(-c2cccs2)nc(C(CO)C(C)C)n1. The Hall–Kier alpha value is -1.26. The summed E-state index contributed by atoms with van der Waals surface area (Å²) in [6.45, 7) is 6.22. The summed E-state index contributed by atoms with van der Waals surface area (Å²) >= 11 is 1.67. The van der Waals surface area contributed by atoms with Crippen molar-refractivity contribution in [2.45, 2.75) is 26.7 Å². The van der Waals surface area contributed by atoms with Gasteiger partial charge in [0.25, 0.3) is 0 Å². The van der Waals surface area contributed by atoms with Crippen molar-refractivity contribution in [3.8, 4) is 10.6 Å². The number of hydrogen-bond donors (Lipinski definition) is 1. The molecule has 2 aromatic heterocycles. The highest BCUT2D eigenvalue weighted by Gasteiger charge is 2.19. The number of rotatable bonds is 4. The van der Waals surface area contributed by atoms with E-state index in [0.717, 1.165) is 22.1 Å². The van der Waals surface area contributed by atoms with Gasteiger partial charge in [0.15, 0.2) is 0 Å². The zero-order valence-corrected chi connectivity index (χ0v) is 11.7. The summed E-state index contributed by atoms with van der Waals surface area (Å²) in [6, 6.07) is 6.06. The van der Waals surface area contributed by atoms with E-state index in [2.05, 4.69) is 29.9 Å². The molecule has 1 atom stereocenters. The second-order valence-electron chi connectivity index (χ2n) is 4.76. The molecule has 3 nitrogen and oxygen atoms in total. The largest absolute Gasteiger partial charge is 0.396 e. The van der Waals surface area contributed by atoms with E-state index in [-0.39, 0.29) is 12.5 Å². The standard InChI is InChI=1S/C14H18N2OS/c1-9(2)11(8-17)14-15-10(3)7-12(16-14)13-5-4-6-18-13/h4-7,9,11,17H,8H2,1-3H3. The number of thiophene rings is 1. The highest BCUT2D eigenvalue weighted by molar-refractivity contribution is 7.13. The summed E-state index contributed by atoms with van der Waals surface area (Å²) in [4.78, 5) is 10.2. The Bertz CT molecular complexity index is 509. The molecule has 2 rings (SSSR count). The molecule has 2 aromatic rings. The van der Waals surface area contributed by atoms with Crippen molar-refractivity contribution in [1.29, 1.82) is 0 Å². The Kier molecular flexibility index (Phi) is 4.09. The Morgan fingerprint density at radius 2 is 2.11 bits per heavy atom. The molecule has 4 heteroatoms. The quantitative estimate of drug-likeness (QED) is 0.920. The van der Waals surface area contributed by atoms with Crippen LogP contribution < -0.4 is 0 Å². The summed E-state index contributed by atoms with van der Waals surface area (Å²) in [5, 5.41) is 11.5. The predicted octanol–water partition coefficient (Wildman–Crippen LogP) is 3.25. The van der Waals surface area contributed by atoms with Crippen molar-refractivity contribution in [2.75, 3.05) is 6.61 Å². The van der Waals surface area contributed by atoms with Gasteiger partial charge in [0, 0.05) is 11.6 Å². The maximum atomic E-state index is 9.48. The molecule has 0 aromatic carbocycles. The number of nitrogens with zero attached hydrogens (tertiary/aromatic N) is 2. The molecule has 2 heterocycles. The fourth-order valence-electron chi connectivity index (χ4n) is 1.90. The van der Waals surface area contributed by atoms with Crippen molar-refractivity contribution < 1.29 is 5.11 Å². The first-order valence-electron chi connectivity index (χ1n) is 6.12. The monoisotopic (exact) mass is 262 g/mol. The van der Waals surface area contributed by atoms with Crippen LogP contribution in [0.3, 0.4) is 0 Å². The second kappa shape index (κ2) is 5.59. The number of aliphatic hydroxyl groups excluding tert-OH is 1. The lowest BCUT2D eigenvalue weighted by atomic mass is 9.96. The molecule has 0 saturated carbocycles. The maximum Gasteiger partial charge on any atom is 0.134 e. The molecule has 0 saturated heterocycles. The summed E-state index contributed by atoms with van der Waals surface area (Å²) in [5.74, 6) is 1.08. The molecule has 18 heavy (non-hydrogen) atoms. The predicted molar refractivity (Wildman–Crippen MR) is 74.7 cm³/mol. The number of aromatic nitrogens is 2. The number of aliphatic hydroxyl groups is 1. The lowest BCUT2D eigenvalue weighted by Gasteiger charge is -2.17. The van der Waals surface area contributed by atoms with E-state index in [4.69, 9.17) is 0 Å². The minimum absolute atomic E-state index is 0.00334. The molecule has 0 aliphatic rings. The minimum Gasteiger partial charge on any atom is -0.396 e. The van der Waals surface area contributed by atoms with Crippen LogP contribution >= 0.6 is 11.3 Å². The highest BCUT2D eigenvalue weighted by Crippen LogP contribution is 2.27. The lowest BCUT2D eigenvalue weighted by Crippen LogP contribution is -2.15. The van der Waals surface area contributed by atoms with Gasteiger partial charge in [0.05, 0.1) is 17.2 Å². The van der Waals surface area contributed by atoms with Crippen molar-refractivity contribution in [3.05, 3.63) is 35.1 Å². The van der Waals surface area contributed by atoms with Gasteiger partial charge in [-0.1, -0.05) is 19.9 Å². The summed E-state index contributed by atoms with van der Waals surface area (Å²) in [6.07, 6.45) is 0. The Labute approximate surface area is 112 Å². The molecule has 1 N–H and O–H groups in total. The molecule has 1 unspecified atom stereocenters. The van der Waals surface area contributed by atoms with Gasteiger partial charge >= 0.3 is 0 Å².